The Morgan fingerprint density at radius 2 is 1.75 bits per heavy atom. The molecule has 1 aromatic heterocycles. The van der Waals surface area contributed by atoms with Gasteiger partial charge < -0.3 is 14.4 Å². The molecule has 1 heterocycles. The normalized spacial score (nSPS) is 10.6. The Balaban J connectivity index is 2.04. The number of nitrogens with zero attached hydrogens (tertiary/aromatic N) is 1. The zero-order chi connectivity index (χ0) is 13.9. The second-order valence-corrected chi connectivity index (χ2v) is 4.49. The van der Waals surface area contributed by atoms with E-state index in [1.54, 1.807) is 6.20 Å². The number of carboxylic acid groups (broad SMARTS) is 1. The van der Waals surface area contributed by atoms with E-state index < -0.39 is 6.16 Å². The molecular weight excluding hydrogens is 254 g/mol. The predicted octanol–water partition coefficient (Wildman–Crippen LogP) is 3.75. The SMILES string of the molecule is O=C(O)Oc1cn(Cc2ccccc2)c2ccccc12. The van der Waals surface area contributed by atoms with Crippen LogP contribution in [0.15, 0.2) is 60.8 Å². The third kappa shape index (κ3) is 2.36. The average Bonchev–Trinajstić information content (AvgIpc) is 2.78. The minimum atomic E-state index is -1.30. The molecule has 4 nitrogen and oxygen atoms in total. The van der Waals surface area contributed by atoms with E-state index in [2.05, 4.69) is 0 Å². The average molecular weight is 267 g/mol. The van der Waals surface area contributed by atoms with Gasteiger partial charge in [-0.2, -0.15) is 0 Å². The Labute approximate surface area is 115 Å². The van der Waals surface area contributed by atoms with Crippen LogP contribution in [0.5, 0.6) is 5.75 Å². The van der Waals surface area contributed by atoms with Crippen LogP contribution >= 0.6 is 0 Å². The molecule has 4 heteroatoms. The van der Waals surface area contributed by atoms with Crippen LogP contribution < -0.4 is 4.74 Å². The Morgan fingerprint density at radius 3 is 2.50 bits per heavy atom. The summed E-state index contributed by atoms with van der Waals surface area (Å²) < 4.78 is 6.83. The van der Waals surface area contributed by atoms with E-state index in [-0.39, 0.29) is 0 Å². The number of hydrogen-bond acceptors (Lipinski definition) is 2. The van der Waals surface area contributed by atoms with Crippen molar-refractivity contribution in [1.29, 1.82) is 0 Å². The first-order chi connectivity index (χ1) is 9.74. The molecular formula is C16H13NO3. The molecule has 3 aromatic rings. The maximum absolute atomic E-state index is 10.7. The molecule has 0 bridgehead atoms. The molecule has 0 aliphatic heterocycles. The van der Waals surface area contributed by atoms with Gasteiger partial charge in [-0.25, -0.2) is 4.79 Å². The topological polar surface area (TPSA) is 51.5 Å². The minimum Gasteiger partial charge on any atom is -0.449 e. The van der Waals surface area contributed by atoms with Gasteiger partial charge in [-0.05, 0) is 17.7 Å². The van der Waals surface area contributed by atoms with E-state index in [0.29, 0.717) is 12.3 Å². The highest BCUT2D eigenvalue weighted by Gasteiger charge is 2.12. The van der Waals surface area contributed by atoms with Gasteiger partial charge in [0.1, 0.15) is 0 Å². The van der Waals surface area contributed by atoms with Crippen molar-refractivity contribution in [2.45, 2.75) is 6.54 Å². The van der Waals surface area contributed by atoms with Gasteiger partial charge in [0.05, 0.1) is 5.52 Å². The third-order valence-electron chi connectivity index (χ3n) is 3.15. The summed E-state index contributed by atoms with van der Waals surface area (Å²) in [6.45, 7) is 0.671. The van der Waals surface area contributed by atoms with Crippen LogP contribution in [0, 0.1) is 0 Å². The van der Waals surface area contributed by atoms with Gasteiger partial charge in [0.25, 0.3) is 0 Å². The summed E-state index contributed by atoms with van der Waals surface area (Å²) in [5.41, 5.74) is 2.10. The molecule has 0 radical (unpaired) electrons. The highest BCUT2D eigenvalue weighted by Crippen LogP contribution is 2.28. The Morgan fingerprint density at radius 1 is 1.05 bits per heavy atom. The summed E-state index contributed by atoms with van der Waals surface area (Å²) in [5, 5.41) is 9.59. The lowest BCUT2D eigenvalue weighted by molar-refractivity contribution is 0.145. The summed E-state index contributed by atoms with van der Waals surface area (Å²) >= 11 is 0. The van der Waals surface area contributed by atoms with Gasteiger partial charge in [-0.1, -0.05) is 42.5 Å². The maximum Gasteiger partial charge on any atom is 0.511 e. The fourth-order valence-corrected chi connectivity index (χ4v) is 2.30. The number of hydrogen-bond donors (Lipinski definition) is 1. The summed E-state index contributed by atoms with van der Waals surface area (Å²) in [6, 6.07) is 17.6. The third-order valence-corrected chi connectivity index (χ3v) is 3.15. The number of aromatic nitrogens is 1. The molecule has 2 aromatic carbocycles. The lowest BCUT2D eigenvalue weighted by Crippen LogP contribution is -2.02. The minimum absolute atomic E-state index is 0.365. The number of carbonyl (C=O) groups is 1. The van der Waals surface area contributed by atoms with Crippen LogP contribution in [0.2, 0.25) is 0 Å². The van der Waals surface area contributed by atoms with Crippen LogP contribution in [0.4, 0.5) is 4.79 Å². The lowest BCUT2D eigenvalue weighted by atomic mass is 10.2. The Bertz CT molecular complexity index is 747. The summed E-state index contributed by atoms with van der Waals surface area (Å²) in [5.74, 6) is 0.365. The van der Waals surface area contributed by atoms with Gasteiger partial charge in [0.15, 0.2) is 5.75 Å². The second kappa shape index (κ2) is 5.09. The zero-order valence-electron chi connectivity index (χ0n) is 10.7. The van der Waals surface area contributed by atoms with Crippen LogP contribution in [0.3, 0.4) is 0 Å². The van der Waals surface area contributed by atoms with Crippen molar-refractivity contribution in [3.63, 3.8) is 0 Å². The van der Waals surface area contributed by atoms with Crippen molar-refractivity contribution >= 4 is 17.1 Å². The van der Waals surface area contributed by atoms with Crippen LogP contribution in [0.1, 0.15) is 5.56 Å². The van der Waals surface area contributed by atoms with Gasteiger partial charge in [-0.3, -0.25) is 0 Å². The first-order valence-electron chi connectivity index (χ1n) is 6.26. The summed E-state index contributed by atoms with van der Waals surface area (Å²) in [6.07, 6.45) is 0.429. The quantitative estimate of drug-likeness (QED) is 0.735. The van der Waals surface area contributed by atoms with E-state index in [1.807, 2.05) is 59.2 Å². The molecule has 1 N–H and O–H groups in total. The second-order valence-electron chi connectivity index (χ2n) is 4.49. The first kappa shape index (κ1) is 12.3. The smallest absolute Gasteiger partial charge is 0.449 e. The highest BCUT2D eigenvalue weighted by atomic mass is 16.7. The number of rotatable bonds is 3. The Kier molecular flexibility index (Phi) is 3.13. The Hall–Kier alpha value is -2.75. The van der Waals surface area contributed by atoms with Crippen molar-refractivity contribution in [1.82, 2.24) is 4.57 Å². The first-order valence-corrected chi connectivity index (χ1v) is 6.26. The fourth-order valence-electron chi connectivity index (χ4n) is 2.30. The van der Waals surface area contributed by atoms with Gasteiger partial charge in [-0.15, -0.1) is 0 Å². The number of ether oxygens (including phenoxy) is 1. The molecule has 0 aliphatic rings. The highest BCUT2D eigenvalue weighted by molar-refractivity contribution is 5.88. The summed E-state index contributed by atoms with van der Waals surface area (Å²) in [7, 11) is 0. The van der Waals surface area contributed by atoms with Crippen LogP contribution in [0.25, 0.3) is 10.9 Å². The van der Waals surface area contributed by atoms with Crippen molar-refractivity contribution < 1.29 is 14.6 Å². The standard InChI is InChI=1S/C16H13NO3/c18-16(19)20-15-11-17(10-12-6-2-1-3-7-12)14-9-5-4-8-13(14)15/h1-9,11H,10H2,(H,18,19). The molecule has 0 unspecified atom stereocenters. The molecule has 3 rings (SSSR count). The number of para-hydroxylation sites is 1. The lowest BCUT2D eigenvalue weighted by Gasteiger charge is -2.04. The van der Waals surface area contributed by atoms with E-state index in [0.717, 1.165) is 16.5 Å². The largest absolute Gasteiger partial charge is 0.511 e. The molecule has 0 saturated heterocycles. The molecule has 0 saturated carbocycles. The molecule has 20 heavy (non-hydrogen) atoms. The molecule has 0 atom stereocenters. The van der Waals surface area contributed by atoms with Gasteiger partial charge in [0, 0.05) is 18.1 Å². The van der Waals surface area contributed by atoms with Crippen LogP contribution in [-0.2, 0) is 6.54 Å². The molecule has 100 valence electrons. The maximum atomic E-state index is 10.7. The molecule has 0 aliphatic carbocycles. The molecule has 0 fully saturated rings. The predicted molar refractivity (Wildman–Crippen MR) is 76.1 cm³/mol. The van der Waals surface area contributed by atoms with Crippen molar-refractivity contribution in [2.24, 2.45) is 0 Å². The van der Waals surface area contributed by atoms with E-state index in [9.17, 15) is 4.79 Å². The number of fused-ring (bicyclic) bond motifs is 1. The van der Waals surface area contributed by atoms with Crippen molar-refractivity contribution in [2.75, 3.05) is 0 Å². The van der Waals surface area contributed by atoms with E-state index in [4.69, 9.17) is 9.84 Å². The molecule has 0 amide bonds. The van der Waals surface area contributed by atoms with Gasteiger partial charge in [0.2, 0.25) is 0 Å². The van der Waals surface area contributed by atoms with E-state index in [1.165, 1.54) is 0 Å². The van der Waals surface area contributed by atoms with Gasteiger partial charge >= 0.3 is 6.16 Å². The zero-order valence-corrected chi connectivity index (χ0v) is 10.7. The van der Waals surface area contributed by atoms with Crippen molar-refractivity contribution in [3.8, 4) is 5.75 Å². The summed E-state index contributed by atoms with van der Waals surface area (Å²) in [4.78, 5) is 10.7. The monoisotopic (exact) mass is 267 g/mol. The van der Waals surface area contributed by atoms with Crippen molar-refractivity contribution in [3.05, 3.63) is 66.4 Å². The van der Waals surface area contributed by atoms with E-state index >= 15 is 0 Å². The van der Waals surface area contributed by atoms with Crippen LogP contribution in [-0.4, -0.2) is 15.8 Å². The molecule has 0 spiro atoms. The fraction of sp³-hybridized carbons (Fsp3) is 0.0625. The number of benzene rings is 2.